The minimum atomic E-state index is -4.96. The number of ether oxygens (including phenoxy) is 4. The van der Waals surface area contributed by atoms with Crippen LogP contribution >= 0.6 is 15.6 Å². The second-order valence-electron chi connectivity index (χ2n) is 30.3. The number of unbranched alkanes of at least 4 members (excludes halogenated alkanes) is 55. The van der Waals surface area contributed by atoms with Gasteiger partial charge >= 0.3 is 39.5 Å². The Balaban J connectivity index is 5.16. The zero-order chi connectivity index (χ0) is 74.8. The SMILES string of the molecule is CCCCCCCCCCCCCCCCCCCCCC(=O)O[C@H](COC(=O)CCCCCCCCCCCCCCCCCC(C)C)COP(=O)(O)OC[C@@H](O)COP(=O)(O)OC[C@@H](COC(=O)CCCCCCCCC)OC(=O)CCCCCCCCCCCCCCCCCCCC. The summed E-state index contributed by atoms with van der Waals surface area (Å²) in [4.78, 5) is 73.0. The Hall–Kier alpha value is -1.94. The van der Waals surface area contributed by atoms with E-state index in [4.69, 9.17) is 37.0 Å². The fraction of sp³-hybridized carbons (Fsp3) is 0.952. The molecule has 0 aromatic rings. The van der Waals surface area contributed by atoms with E-state index < -0.39 is 97.5 Å². The Morgan fingerprint density at radius 2 is 0.451 bits per heavy atom. The van der Waals surface area contributed by atoms with Gasteiger partial charge in [0, 0.05) is 25.7 Å². The third-order valence-corrected chi connectivity index (χ3v) is 21.4. The van der Waals surface area contributed by atoms with E-state index in [0.717, 1.165) is 109 Å². The van der Waals surface area contributed by atoms with E-state index in [0.29, 0.717) is 25.7 Å². The predicted octanol–water partition coefficient (Wildman–Crippen LogP) is 25.2. The van der Waals surface area contributed by atoms with Crippen LogP contribution in [0.15, 0.2) is 0 Å². The number of aliphatic hydroxyl groups excluding tert-OH is 1. The highest BCUT2D eigenvalue weighted by molar-refractivity contribution is 7.47. The summed E-state index contributed by atoms with van der Waals surface area (Å²) < 4.78 is 68.7. The van der Waals surface area contributed by atoms with Gasteiger partial charge in [0.1, 0.15) is 19.3 Å². The third kappa shape index (κ3) is 76.3. The maximum absolute atomic E-state index is 13.1. The van der Waals surface area contributed by atoms with Gasteiger partial charge < -0.3 is 33.8 Å². The summed E-state index contributed by atoms with van der Waals surface area (Å²) in [6, 6.07) is 0. The zero-order valence-corrected chi connectivity index (χ0v) is 68.5. The Morgan fingerprint density at radius 3 is 0.667 bits per heavy atom. The molecule has 0 heterocycles. The largest absolute Gasteiger partial charge is 0.472 e. The normalized spacial score (nSPS) is 13.8. The number of rotatable bonds is 83. The first-order chi connectivity index (χ1) is 49.5. The van der Waals surface area contributed by atoms with Gasteiger partial charge in [0.25, 0.3) is 0 Å². The lowest BCUT2D eigenvalue weighted by Gasteiger charge is -2.21. The van der Waals surface area contributed by atoms with Crippen LogP contribution in [0.3, 0.4) is 0 Å². The minimum Gasteiger partial charge on any atom is -0.462 e. The summed E-state index contributed by atoms with van der Waals surface area (Å²) in [7, 11) is -9.92. The molecule has 0 spiro atoms. The molecule has 0 aliphatic carbocycles. The molecule has 5 atom stereocenters. The van der Waals surface area contributed by atoms with E-state index in [-0.39, 0.29) is 25.7 Å². The van der Waals surface area contributed by atoms with Crippen LogP contribution in [0, 0.1) is 5.92 Å². The van der Waals surface area contributed by atoms with Crippen molar-refractivity contribution in [3.05, 3.63) is 0 Å². The first-order valence-electron chi connectivity index (χ1n) is 43.1. The molecule has 0 rings (SSSR count). The highest BCUT2D eigenvalue weighted by Crippen LogP contribution is 2.45. The number of hydrogen-bond donors (Lipinski definition) is 3. The van der Waals surface area contributed by atoms with Gasteiger partial charge in [-0.2, -0.15) is 0 Å². The lowest BCUT2D eigenvalue weighted by molar-refractivity contribution is -0.161. The van der Waals surface area contributed by atoms with Crippen molar-refractivity contribution in [2.45, 2.75) is 464 Å². The number of carbonyl (C=O) groups excluding carboxylic acids is 4. The van der Waals surface area contributed by atoms with E-state index in [9.17, 15) is 43.2 Å². The van der Waals surface area contributed by atoms with Crippen LogP contribution in [0.25, 0.3) is 0 Å². The molecule has 3 N–H and O–H groups in total. The van der Waals surface area contributed by atoms with Crippen LogP contribution in [0.5, 0.6) is 0 Å². The van der Waals surface area contributed by atoms with E-state index in [1.165, 1.54) is 257 Å². The molecule has 0 amide bonds. The smallest absolute Gasteiger partial charge is 0.462 e. The zero-order valence-electron chi connectivity index (χ0n) is 66.8. The standard InChI is InChI=1S/C83H162O17P2/c1-6-9-12-15-18-20-22-24-26-28-30-32-36-41-45-49-54-59-64-69-83(88)100-79(73-94-81(86)67-62-57-52-47-43-39-37-33-34-38-42-46-51-55-60-65-76(4)5)75-98-102(91,92)96-71-77(84)70-95-101(89,90)97-74-78(72-93-80(85)66-61-56-50-17-14-11-8-3)99-82(87)68-63-58-53-48-44-40-35-31-29-27-25-23-21-19-16-13-10-7-2/h76-79,84H,6-75H2,1-5H3,(H,89,90)(H,91,92)/t77-,78+,79+/m0/s1. The first kappa shape index (κ1) is 100. The Kier molecular flexibility index (Phi) is 74.4. The Labute approximate surface area is 626 Å². The molecule has 0 aliphatic heterocycles. The van der Waals surface area contributed by atoms with Crippen molar-refractivity contribution in [2.24, 2.45) is 5.92 Å². The molecule has 0 aromatic carbocycles. The lowest BCUT2D eigenvalue weighted by Crippen LogP contribution is -2.30. The third-order valence-electron chi connectivity index (χ3n) is 19.5. The maximum Gasteiger partial charge on any atom is 0.472 e. The van der Waals surface area contributed by atoms with Gasteiger partial charge in [0.05, 0.1) is 26.4 Å². The Morgan fingerprint density at radius 1 is 0.265 bits per heavy atom. The monoisotopic (exact) mass is 1490 g/mol. The quantitative estimate of drug-likeness (QED) is 0.0222. The number of carbonyl (C=O) groups is 4. The van der Waals surface area contributed by atoms with E-state index >= 15 is 0 Å². The van der Waals surface area contributed by atoms with Crippen molar-refractivity contribution < 1.29 is 80.2 Å². The molecule has 0 saturated heterocycles. The van der Waals surface area contributed by atoms with E-state index in [1.807, 2.05) is 0 Å². The second kappa shape index (κ2) is 75.9. The van der Waals surface area contributed by atoms with Gasteiger partial charge in [0.2, 0.25) is 0 Å². The molecule has 2 unspecified atom stereocenters. The molecule has 0 radical (unpaired) electrons. The van der Waals surface area contributed by atoms with Crippen LogP contribution < -0.4 is 0 Å². The summed E-state index contributed by atoms with van der Waals surface area (Å²) >= 11 is 0. The summed E-state index contributed by atoms with van der Waals surface area (Å²) in [5.74, 6) is -1.30. The highest BCUT2D eigenvalue weighted by atomic mass is 31.2. The van der Waals surface area contributed by atoms with Crippen LogP contribution in [0.2, 0.25) is 0 Å². The maximum atomic E-state index is 13.1. The van der Waals surface area contributed by atoms with Crippen molar-refractivity contribution in [3.8, 4) is 0 Å². The van der Waals surface area contributed by atoms with E-state index in [1.54, 1.807) is 0 Å². The molecule has 0 bridgehead atoms. The average molecular weight is 1490 g/mol. The van der Waals surface area contributed by atoms with Gasteiger partial charge in [-0.1, -0.05) is 394 Å². The molecular weight excluding hydrogens is 1330 g/mol. The average Bonchev–Trinajstić information content (AvgIpc) is 0.925. The van der Waals surface area contributed by atoms with Crippen LogP contribution in [0.1, 0.15) is 446 Å². The second-order valence-corrected chi connectivity index (χ2v) is 33.3. The molecule has 0 fully saturated rings. The van der Waals surface area contributed by atoms with Gasteiger partial charge in [-0.05, 0) is 31.6 Å². The molecule has 0 saturated carbocycles. The highest BCUT2D eigenvalue weighted by Gasteiger charge is 2.30. The number of phosphoric ester groups is 2. The molecular formula is C83H162O17P2. The summed E-state index contributed by atoms with van der Waals surface area (Å²) in [5, 5.41) is 10.6. The molecule has 0 aromatic heterocycles. The molecule has 17 nitrogen and oxygen atoms in total. The van der Waals surface area contributed by atoms with Crippen LogP contribution in [0.4, 0.5) is 0 Å². The number of aliphatic hydroxyl groups is 1. The topological polar surface area (TPSA) is 237 Å². The predicted molar refractivity (Wildman–Crippen MR) is 418 cm³/mol. The Bertz CT molecular complexity index is 1940. The van der Waals surface area contributed by atoms with Gasteiger partial charge in [-0.3, -0.25) is 37.3 Å². The first-order valence-corrected chi connectivity index (χ1v) is 46.1. The van der Waals surface area contributed by atoms with Gasteiger partial charge in [-0.25, -0.2) is 9.13 Å². The van der Waals surface area contributed by atoms with Gasteiger partial charge in [-0.15, -0.1) is 0 Å². The number of esters is 4. The van der Waals surface area contributed by atoms with Crippen molar-refractivity contribution in [2.75, 3.05) is 39.6 Å². The van der Waals surface area contributed by atoms with E-state index in [2.05, 4.69) is 34.6 Å². The van der Waals surface area contributed by atoms with Gasteiger partial charge in [0.15, 0.2) is 12.2 Å². The molecule has 19 heteroatoms. The molecule has 0 aliphatic rings. The van der Waals surface area contributed by atoms with Crippen molar-refractivity contribution in [3.63, 3.8) is 0 Å². The minimum absolute atomic E-state index is 0.109. The fourth-order valence-electron chi connectivity index (χ4n) is 12.9. The molecule has 102 heavy (non-hydrogen) atoms. The van der Waals surface area contributed by atoms with Crippen molar-refractivity contribution in [1.82, 2.24) is 0 Å². The van der Waals surface area contributed by atoms with Crippen LogP contribution in [-0.2, 0) is 65.4 Å². The van der Waals surface area contributed by atoms with Crippen molar-refractivity contribution in [1.29, 1.82) is 0 Å². The lowest BCUT2D eigenvalue weighted by atomic mass is 10.0. The summed E-state index contributed by atoms with van der Waals surface area (Å²) in [6.07, 6.45) is 68.2. The van der Waals surface area contributed by atoms with Crippen LogP contribution in [-0.4, -0.2) is 96.7 Å². The summed E-state index contributed by atoms with van der Waals surface area (Å²) in [6.45, 7) is 7.33. The number of hydrogen-bond acceptors (Lipinski definition) is 15. The number of phosphoric acid groups is 2. The molecule has 606 valence electrons. The van der Waals surface area contributed by atoms with Crippen molar-refractivity contribution >= 4 is 39.5 Å². The summed E-state index contributed by atoms with van der Waals surface area (Å²) in [5.41, 5.74) is 0. The fourth-order valence-corrected chi connectivity index (χ4v) is 14.5.